The number of aromatic nitrogens is 1. The molecular formula is C16H20N2O. The summed E-state index contributed by atoms with van der Waals surface area (Å²) in [6.45, 7) is 3.11. The van der Waals surface area contributed by atoms with E-state index in [1.54, 1.807) is 6.20 Å². The number of nitrogens with two attached hydrogens (primary N) is 1. The predicted molar refractivity (Wildman–Crippen MR) is 77.1 cm³/mol. The van der Waals surface area contributed by atoms with Gasteiger partial charge in [-0.15, -0.1) is 0 Å². The summed E-state index contributed by atoms with van der Waals surface area (Å²) in [6.07, 6.45) is 3.82. The van der Waals surface area contributed by atoms with Crippen molar-refractivity contribution in [1.29, 1.82) is 0 Å². The second-order valence-electron chi connectivity index (χ2n) is 4.58. The summed E-state index contributed by atoms with van der Waals surface area (Å²) in [5.74, 6) is 0.864. The molecule has 0 spiro atoms. The molecule has 3 heteroatoms. The summed E-state index contributed by atoms with van der Waals surface area (Å²) < 4.78 is 5.81. The average molecular weight is 256 g/mol. The molecule has 0 bridgehead atoms. The molecule has 3 nitrogen and oxygen atoms in total. The van der Waals surface area contributed by atoms with E-state index >= 15 is 0 Å². The molecule has 1 aromatic heterocycles. The zero-order chi connectivity index (χ0) is 13.5. The third-order valence-corrected chi connectivity index (χ3v) is 3.01. The zero-order valence-corrected chi connectivity index (χ0v) is 11.3. The summed E-state index contributed by atoms with van der Waals surface area (Å²) in [6, 6.07) is 12.4. The molecule has 0 saturated heterocycles. The maximum Gasteiger partial charge on any atom is 0.127 e. The lowest BCUT2D eigenvalue weighted by atomic mass is 10.1. The number of pyridine rings is 1. The van der Waals surface area contributed by atoms with Crippen LogP contribution >= 0.6 is 0 Å². The van der Waals surface area contributed by atoms with Crippen LogP contribution < -0.4 is 10.5 Å². The number of aryl methyl sites for hydroxylation is 2. The van der Waals surface area contributed by atoms with Crippen molar-refractivity contribution in [3.05, 3.63) is 59.4 Å². The molecule has 0 radical (unpaired) electrons. The van der Waals surface area contributed by atoms with E-state index in [2.05, 4.69) is 29.2 Å². The van der Waals surface area contributed by atoms with Crippen LogP contribution in [0.25, 0.3) is 0 Å². The first-order valence-electron chi connectivity index (χ1n) is 6.62. The second-order valence-corrected chi connectivity index (χ2v) is 4.58. The Bertz CT molecular complexity index is 511. The standard InChI is InChI=1S/C16H20N2O/c1-13-10-16(15(11-17)12-18-13)19-9-5-8-14-6-3-2-4-7-14/h2-4,6-7,10,12H,5,8-9,11,17H2,1H3. The van der Waals surface area contributed by atoms with Crippen molar-refractivity contribution in [2.45, 2.75) is 26.3 Å². The largest absolute Gasteiger partial charge is 0.493 e. The molecule has 0 atom stereocenters. The molecule has 0 amide bonds. The van der Waals surface area contributed by atoms with Gasteiger partial charge in [0.05, 0.1) is 6.61 Å². The lowest BCUT2D eigenvalue weighted by Crippen LogP contribution is -2.05. The summed E-state index contributed by atoms with van der Waals surface area (Å²) in [5, 5.41) is 0. The number of hydrogen-bond donors (Lipinski definition) is 1. The van der Waals surface area contributed by atoms with Crippen molar-refractivity contribution >= 4 is 0 Å². The predicted octanol–water partition coefficient (Wildman–Crippen LogP) is 2.86. The van der Waals surface area contributed by atoms with Crippen LogP contribution in [0.4, 0.5) is 0 Å². The SMILES string of the molecule is Cc1cc(OCCCc2ccccc2)c(CN)cn1. The lowest BCUT2D eigenvalue weighted by molar-refractivity contribution is 0.307. The van der Waals surface area contributed by atoms with E-state index in [4.69, 9.17) is 10.5 Å². The number of benzene rings is 1. The Labute approximate surface area is 114 Å². The molecule has 19 heavy (non-hydrogen) atoms. The van der Waals surface area contributed by atoms with Gasteiger partial charge in [-0.25, -0.2) is 0 Å². The van der Waals surface area contributed by atoms with E-state index in [1.165, 1.54) is 5.56 Å². The number of nitrogens with zero attached hydrogens (tertiary/aromatic N) is 1. The topological polar surface area (TPSA) is 48.1 Å². The van der Waals surface area contributed by atoms with Crippen LogP contribution in [0.5, 0.6) is 5.75 Å². The molecule has 100 valence electrons. The fourth-order valence-corrected chi connectivity index (χ4v) is 1.95. The van der Waals surface area contributed by atoms with Gasteiger partial charge in [0.25, 0.3) is 0 Å². The van der Waals surface area contributed by atoms with Crippen molar-refractivity contribution in [1.82, 2.24) is 4.98 Å². The van der Waals surface area contributed by atoms with Crippen LogP contribution in [0, 0.1) is 6.92 Å². The highest BCUT2D eigenvalue weighted by molar-refractivity contribution is 5.32. The summed E-state index contributed by atoms with van der Waals surface area (Å²) in [7, 11) is 0. The van der Waals surface area contributed by atoms with E-state index in [-0.39, 0.29) is 0 Å². The van der Waals surface area contributed by atoms with Crippen LogP contribution in [0.15, 0.2) is 42.6 Å². The maximum absolute atomic E-state index is 5.81. The maximum atomic E-state index is 5.81. The minimum Gasteiger partial charge on any atom is -0.493 e. The minimum absolute atomic E-state index is 0.460. The van der Waals surface area contributed by atoms with Crippen molar-refractivity contribution in [3.8, 4) is 5.75 Å². The van der Waals surface area contributed by atoms with Gasteiger partial charge in [-0.1, -0.05) is 30.3 Å². The summed E-state index contributed by atoms with van der Waals surface area (Å²) in [5.41, 5.74) is 8.94. The van der Waals surface area contributed by atoms with Gasteiger partial charge in [-0.3, -0.25) is 4.98 Å². The third kappa shape index (κ3) is 4.07. The number of hydrogen-bond acceptors (Lipinski definition) is 3. The van der Waals surface area contributed by atoms with Gasteiger partial charge in [0.1, 0.15) is 5.75 Å². The zero-order valence-electron chi connectivity index (χ0n) is 11.3. The fourth-order valence-electron chi connectivity index (χ4n) is 1.95. The highest BCUT2D eigenvalue weighted by Crippen LogP contribution is 2.18. The summed E-state index contributed by atoms with van der Waals surface area (Å²) >= 11 is 0. The molecule has 0 saturated carbocycles. The smallest absolute Gasteiger partial charge is 0.127 e. The highest BCUT2D eigenvalue weighted by Gasteiger charge is 2.03. The Morgan fingerprint density at radius 3 is 2.74 bits per heavy atom. The van der Waals surface area contributed by atoms with E-state index in [9.17, 15) is 0 Å². The van der Waals surface area contributed by atoms with Crippen LogP contribution in [0.1, 0.15) is 23.2 Å². The molecule has 0 aliphatic rings. The van der Waals surface area contributed by atoms with Gasteiger partial charge in [0.2, 0.25) is 0 Å². The lowest BCUT2D eigenvalue weighted by Gasteiger charge is -2.10. The highest BCUT2D eigenvalue weighted by atomic mass is 16.5. The first-order chi connectivity index (χ1) is 9.29. The first kappa shape index (κ1) is 13.6. The van der Waals surface area contributed by atoms with Crippen LogP contribution in [-0.2, 0) is 13.0 Å². The van der Waals surface area contributed by atoms with Gasteiger partial charge in [0, 0.05) is 30.1 Å². The van der Waals surface area contributed by atoms with Crippen molar-refractivity contribution in [2.75, 3.05) is 6.61 Å². The molecule has 0 fully saturated rings. The quantitative estimate of drug-likeness (QED) is 0.808. The Morgan fingerprint density at radius 1 is 1.21 bits per heavy atom. The van der Waals surface area contributed by atoms with Crippen molar-refractivity contribution in [3.63, 3.8) is 0 Å². The number of ether oxygens (including phenoxy) is 1. The molecule has 0 unspecified atom stereocenters. The van der Waals surface area contributed by atoms with Crippen molar-refractivity contribution in [2.24, 2.45) is 5.73 Å². The van der Waals surface area contributed by atoms with Gasteiger partial charge < -0.3 is 10.5 Å². The van der Waals surface area contributed by atoms with Gasteiger partial charge in [-0.2, -0.15) is 0 Å². The Balaban J connectivity index is 1.84. The van der Waals surface area contributed by atoms with E-state index < -0.39 is 0 Å². The Hall–Kier alpha value is -1.87. The molecule has 1 heterocycles. The molecule has 2 aromatic rings. The van der Waals surface area contributed by atoms with Gasteiger partial charge >= 0.3 is 0 Å². The minimum atomic E-state index is 0.460. The monoisotopic (exact) mass is 256 g/mol. The van der Waals surface area contributed by atoms with E-state index in [1.807, 2.05) is 19.1 Å². The van der Waals surface area contributed by atoms with E-state index in [0.29, 0.717) is 13.2 Å². The van der Waals surface area contributed by atoms with Crippen molar-refractivity contribution < 1.29 is 4.74 Å². The molecular weight excluding hydrogens is 236 g/mol. The molecule has 2 rings (SSSR count). The van der Waals surface area contributed by atoms with E-state index in [0.717, 1.165) is 29.8 Å². The van der Waals surface area contributed by atoms with Gasteiger partial charge in [0.15, 0.2) is 0 Å². The van der Waals surface area contributed by atoms with Crippen LogP contribution in [0.3, 0.4) is 0 Å². The van der Waals surface area contributed by atoms with Gasteiger partial charge in [-0.05, 0) is 25.3 Å². The third-order valence-electron chi connectivity index (χ3n) is 3.01. The number of rotatable bonds is 6. The van der Waals surface area contributed by atoms with Crippen LogP contribution in [0.2, 0.25) is 0 Å². The fraction of sp³-hybridized carbons (Fsp3) is 0.312. The van der Waals surface area contributed by atoms with Crippen LogP contribution in [-0.4, -0.2) is 11.6 Å². The normalized spacial score (nSPS) is 10.4. The molecule has 2 N–H and O–H groups in total. The summed E-state index contributed by atoms with van der Waals surface area (Å²) in [4.78, 5) is 4.23. The average Bonchev–Trinajstić information content (AvgIpc) is 2.45. The molecule has 1 aromatic carbocycles. The first-order valence-corrected chi connectivity index (χ1v) is 6.62. The second kappa shape index (κ2) is 6.90. The Kier molecular flexibility index (Phi) is 4.93. The molecule has 0 aliphatic heterocycles. The molecule has 0 aliphatic carbocycles. The Morgan fingerprint density at radius 2 is 2.00 bits per heavy atom.